The standard InChI is InChI=1S/C13H13ClN2O2/c1-3-9-4-5-11(18-9)13(17)16-10-7-15-12(14)6-8(10)2/h4-7H,3H2,1-2H3,(H,16,17). The monoisotopic (exact) mass is 264 g/mol. The molecule has 1 N–H and O–H groups in total. The molecular weight excluding hydrogens is 252 g/mol. The van der Waals surface area contributed by atoms with Crippen LogP contribution in [0.1, 0.15) is 28.8 Å². The molecule has 0 fully saturated rings. The summed E-state index contributed by atoms with van der Waals surface area (Å²) >= 11 is 5.75. The van der Waals surface area contributed by atoms with Gasteiger partial charge in [-0.25, -0.2) is 4.98 Å². The van der Waals surface area contributed by atoms with Crippen molar-refractivity contribution in [2.24, 2.45) is 0 Å². The third kappa shape index (κ3) is 2.71. The molecule has 94 valence electrons. The summed E-state index contributed by atoms with van der Waals surface area (Å²) in [5, 5.41) is 3.14. The van der Waals surface area contributed by atoms with Gasteiger partial charge in [0.1, 0.15) is 10.9 Å². The maximum absolute atomic E-state index is 11.9. The van der Waals surface area contributed by atoms with Crippen LogP contribution in [0.2, 0.25) is 5.15 Å². The number of pyridine rings is 1. The maximum atomic E-state index is 11.9. The molecule has 0 spiro atoms. The minimum absolute atomic E-state index is 0.290. The number of aromatic nitrogens is 1. The number of nitrogens with zero attached hydrogens (tertiary/aromatic N) is 1. The van der Waals surface area contributed by atoms with Crippen LogP contribution in [0.5, 0.6) is 0 Å². The Hall–Kier alpha value is -1.81. The summed E-state index contributed by atoms with van der Waals surface area (Å²) in [6.45, 7) is 3.82. The number of aryl methyl sites for hydroxylation is 2. The van der Waals surface area contributed by atoms with Crippen molar-refractivity contribution in [3.05, 3.63) is 46.6 Å². The van der Waals surface area contributed by atoms with Crippen LogP contribution in [0.4, 0.5) is 5.69 Å². The summed E-state index contributed by atoms with van der Waals surface area (Å²) in [6, 6.07) is 5.14. The van der Waals surface area contributed by atoms with E-state index in [1.165, 1.54) is 6.20 Å². The second-order valence-electron chi connectivity index (χ2n) is 3.90. The molecule has 0 unspecified atom stereocenters. The number of nitrogens with one attached hydrogen (secondary N) is 1. The van der Waals surface area contributed by atoms with E-state index in [0.717, 1.165) is 17.7 Å². The lowest BCUT2D eigenvalue weighted by Crippen LogP contribution is -2.12. The van der Waals surface area contributed by atoms with Crippen LogP contribution >= 0.6 is 11.6 Å². The van der Waals surface area contributed by atoms with Gasteiger partial charge in [-0.2, -0.15) is 0 Å². The van der Waals surface area contributed by atoms with Crippen molar-refractivity contribution in [2.75, 3.05) is 5.32 Å². The Balaban J connectivity index is 2.16. The lowest BCUT2D eigenvalue weighted by Gasteiger charge is -2.06. The molecule has 0 saturated heterocycles. The lowest BCUT2D eigenvalue weighted by molar-refractivity contribution is 0.0995. The van der Waals surface area contributed by atoms with Gasteiger partial charge in [-0.15, -0.1) is 0 Å². The van der Waals surface area contributed by atoms with E-state index in [1.807, 2.05) is 13.8 Å². The molecule has 0 atom stereocenters. The van der Waals surface area contributed by atoms with E-state index >= 15 is 0 Å². The number of halogens is 1. The van der Waals surface area contributed by atoms with Gasteiger partial charge in [-0.05, 0) is 30.7 Å². The van der Waals surface area contributed by atoms with E-state index in [1.54, 1.807) is 18.2 Å². The van der Waals surface area contributed by atoms with E-state index < -0.39 is 0 Å². The van der Waals surface area contributed by atoms with Crippen LogP contribution in [0.25, 0.3) is 0 Å². The molecule has 2 rings (SSSR count). The summed E-state index contributed by atoms with van der Waals surface area (Å²) in [5.41, 5.74) is 1.48. The minimum atomic E-state index is -0.290. The van der Waals surface area contributed by atoms with Crippen LogP contribution in [0, 0.1) is 6.92 Å². The molecule has 0 aliphatic rings. The smallest absolute Gasteiger partial charge is 0.291 e. The summed E-state index contributed by atoms with van der Waals surface area (Å²) in [4.78, 5) is 15.8. The molecule has 5 heteroatoms. The first kappa shape index (κ1) is 12.6. The van der Waals surface area contributed by atoms with Gasteiger partial charge in [0, 0.05) is 6.42 Å². The molecule has 0 aromatic carbocycles. The predicted molar refractivity (Wildman–Crippen MR) is 70.0 cm³/mol. The van der Waals surface area contributed by atoms with E-state index in [9.17, 15) is 4.79 Å². The molecule has 0 aliphatic carbocycles. The van der Waals surface area contributed by atoms with Crippen molar-refractivity contribution in [1.29, 1.82) is 0 Å². The van der Waals surface area contributed by atoms with Gasteiger partial charge in [0.2, 0.25) is 0 Å². The predicted octanol–water partition coefficient (Wildman–Crippen LogP) is 3.45. The Labute approximate surface area is 110 Å². The topological polar surface area (TPSA) is 55.1 Å². The Bertz CT molecular complexity index is 578. The van der Waals surface area contributed by atoms with Gasteiger partial charge in [-0.3, -0.25) is 4.79 Å². The number of furan rings is 1. The Morgan fingerprint density at radius 1 is 1.50 bits per heavy atom. The maximum Gasteiger partial charge on any atom is 0.291 e. The van der Waals surface area contributed by atoms with E-state index in [0.29, 0.717) is 16.6 Å². The summed E-state index contributed by atoms with van der Waals surface area (Å²) in [7, 11) is 0. The van der Waals surface area contributed by atoms with Gasteiger partial charge in [-0.1, -0.05) is 18.5 Å². The van der Waals surface area contributed by atoms with Crippen LogP contribution < -0.4 is 5.32 Å². The van der Waals surface area contributed by atoms with Crippen LogP contribution in [0.15, 0.2) is 28.8 Å². The molecule has 2 heterocycles. The number of hydrogen-bond donors (Lipinski definition) is 1. The average molecular weight is 265 g/mol. The Kier molecular flexibility index (Phi) is 3.67. The molecule has 18 heavy (non-hydrogen) atoms. The number of anilines is 1. The van der Waals surface area contributed by atoms with Crippen molar-refractivity contribution in [3.8, 4) is 0 Å². The SMILES string of the molecule is CCc1ccc(C(=O)Nc2cnc(Cl)cc2C)o1. The number of hydrogen-bond acceptors (Lipinski definition) is 3. The minimum Gasteiger partial charge on any atom is -0.456 e. The third-order valence-electron chi connectivity index (χ3n) is 2.56. The highest BCUT2D eigenvalue weighted by molar-refractivity contribution is 6.29. The van der Waals surface area contributed by atoms with Gasteiger partial charge in [0.05, 0.1) is 11.9 Å². The van der Waals surface area contributed by atoms with Crippen molar-refractivity contribution in [1.82, 2.24) is 4.98 Å². The summed E-state index contributed by atoms with van der Waals surface area (Å²) < 4.78 is 5.37. The zero-order valence-electron chi connectivity index (χ0n) is 10.2. The lowest BCUT2D eigenvalue weighted by atomic mass is 10.2. The van der Waals surface area contributed by atoms with Crippen LogP contribution in [-0.4, -0.2) is 10.9 Å². The fourth-order valence-corrected chi connectivity index (χ4v) is 1.74. The first-order valence-electron chi connectivity index (χ1n) is 5.62. The van der Waals surface area contributed by atoms with Crippen molar-refractivity contribution < 1.29 is 9.21 Å². The average Bonchev–Trinajstić information content (AvgIpc) is 2.81. The number of amides is 1. The van der Waals surface area contributed by atoms with Gasteiger partial charge in [0.15, 0.2) is 5.76 Å². The third-order valence-corrected chi connectivity index (χ3v) is 2.77. The van der Waals surface area contributed by atoms with Crippen molar-refractivity contribution in [2.45, 2.75) is 20.3 Å². The largest absolute Gasteiger partial charge is 0.456 e. The fraction of sp³-hybridized carbons (Fsp3) is 0.231. The van der Waals surface area contributed by atoms with Gasteiger partial charge >= 0.3 is 0 Å². The van der Waals surface area contributed by atoms with Gasteiger partial charge < -0.3 is 9.73 Å². The molecule has 2 aromatic rings. The molecule has 1 amide bonds. The molecule has 4 nitrogen and oxygen atoms in total. The Morgan fingerprint density at radius 3 is 2.89 bits per heavy atom. The quantitative estimate of drug-likeness (QED) is 0.864. The summed E-state index contributed by atoms with van der Waals surface area (Å²) in [5.74, 6) is 0.786. The first-order valence-corrected chi connectivity index (χ1v) is 6.00. The molecular formula is C13H13ClN2O2. The number of carbonyl (C=O) groups is 1. The van der Waals surface area contributed by atoms with Crippen LogP contribution in [0.3, 0.4) is 0 Å². The van der Waals surface area contributed by atoms with Gasteiger partial charge in [0.25, 0.3) is 5.91 Å². The van der Waals surface area contributed by atoms with E-state index in [4.69, 9.17) is 16.0 Å². The van der Waals surface area contributed by atoms with E-state index in [2.05, 4.69) is 10.3 Å². The van der Waals surface area contributed by atoms with Crippen molar-refractivity contribution >= 4 is 23.2 Å². The second-order valence-corrected chi connectivity index (χ2v) is 4.28. The zero-order chi connectivity index (χ0) is 13.1. The van der Waals surface area contributed by atoms with Crippen molar-refractivity contribution in [3.63, 3.8) is 0 Å². The fourth-order valence-electron chi connectivity index (χ4n) is 1.53. The molecule has 0 aliphatic heterocycles. The first-order chi connectivity index (χ1) is 8.60. The number of rotatable bonds is 3. The summed E-state index contributed by atoms with van der Waals surface area (Å²) in [6.07, 6.45) is 2.29. The zero-order valence-corrected chi connectivity index (χ0v) is 10.9. The molecule has 0 radical (unpaired) electrons. The highest BCUT2D eigenvalue weighted by atomic mass is 35.5. The van der Waals surface area contributed by atoms with E-state index in [-0.39, 0.29) is 5.91 Å². The highest BCUT2D eigenvalue weighted by Crippen LogP contribution is 2.18. The Morgan fingerprint density at radius 2 is 2.28 bits per heavy atom. The second kappa shape index (κ2) is 5.23. The molecule has 0 bridgehead atoms. The van der Waals surface area contributed by atoms with Crippen LogP contribution in [-0.2, 0) is 6.42 Å². The molecule has 0 saturated carbocycles. The number of carbonyl (C=O) groups excluding carboxylic acids is 1. The highest BCUT2D eigenvalue weighted by Gasteiger charge is 2.12. The molecule has 2 aromatic heterocycles. The normalized spacial score (nSPS) is 10.4.